The summed E-state index contributed by atoms with van der Waals surface area (Å²) in [4.78, 5) is -0.585. The van der Waals surface area contributed by atoms with Crippen LogP contribution in [0.3, 0.4) is 0 Å². The Morgan fingerprint density at radius 1 is 1.31 bits per heavy atom. The summed E-state index contributed by atoms with van der Waals surface area (Å²) >= 11 is 0. The maximum atomic E-state index is 13.5. The number of hydrogen-bond donors (Lipinski definition) is 2. The Kier molecular flexibility index (Phi) is 3.00. The number of benzene rings is 1. The number of aromatic hydroxyl groups is 1. The molecule has 0 saturated carbocycles. The number of hydrogen-bond acceptors (Lipinski definition) is 4. The lowest BCUT2D eigenvalue weighted by atomic mass is 9.97. The summed E-state index contributed by atoms with van der Waals surface area (Å²) in [6.45, 7) is 2.73. The van der Waals surface area contributed by atoms with Crippen molar-refractivity contribution >= 4 is 9.84 Å². The van der Waals surface area contributed by atoms with Crippen LogP contribution in [-0.4, -0.2) is 24.9 Å². The summed E-state index contributed by atoms with van der Waals surface area (Å²) in [5.41, 5.74) is -1.50. The third-order valence-corrected chi connectivity index (χ3v) is 3.22. The average molecular weight is 248 g/mol. The number of phenolic OH excluding ortho intramolecular Hbond substituents is 1. The molecule has 16 heavy (non-hydrogen) atoms. The summed E-state index contributed by atoms with van der Waals surface area (Å²) in [6, 6.07) is 1.63. The van der Waals surface area contributed by atoms with Gasteiger partial charge in [-0.25, -0.2) is 12.8 Å². The average Bonchev–Trinajstić information content (AvgIpc) is 2.04. The predicted octanol–water partition coefficient (Wildman–Crippen LogP) is 1.16. The van der Waals surface area contributed by atoms with Gasteiger partial charge in [0.15, 0.2) is 9.84 Å². The zero-order valence-electron chi connectivity index (χ0n) is 9.15. The molecule has 0 aromatic heterocycles. The minimum absolute atomic E-state index is 0.0580. The molecule has 0 atom stereocenters. The fourth-order valence-corrected chi connectivity index (χ4v) is 2.06. The van der Waals surface area contributed by atoms with E-state index in [0.29, 0.717) is 0 Å². The highest BCUT2D eigenvalue weighted by Gasteiger charge is 2.25. The second kappa shape index (κ2) is 3.71. The van der Waals surface area contributed by atoms with Gasteiger partial charge in [0.2, 0.25) is 0 Å². The van der Waals surface area contributed by atoms with E-state index in [1.54, 1.807) is 0 Å². The Morgan fingerprint density at radius 3 is 2.19 bits per heavy atom. The minimum atomic E-state index is -3.73. The lowest BCUT2D eigenvalue weighted by Gasteiger charge is -2.19. The lowest BCUT2D eigenvalue weighted by Crippen LogP contribution is -2.16. The fraction of sp³-hybridized carbons (Fsp3) is 0.400. The van der Waals surface area contributed by atoms with Crippen LogP contribution in [0, 0.1) is 5.82 Å². The Labute approximate surface area is 93.3 Å². The molecule has 90 valence electrons. The lowest BCUT2D eigenvalue weighted by molar-refractivity contribution is 0.0753. The molecular formula is C10H13FO4S. The topological polar surface area (TPSA) is 74.6 Å². The van der Waals surface area contributed by atoms with Crippen LogP contribution >= 0.6 is 0 Å². The molecular weight excluding hydrogens is 235 g/mol. The zero-order chi connectivity index (χ0) is 12.7. The van der Waals surface area contributed by atoms with Crippen LogP contribution in [0.5, 0.6) is 5.75 Å². The van der Waals surface area contributed by atoms with Gasteiger partial charge in [-0.3, -0.25) is 0 Å². The summed E-state index contributed by atoms with van der Waals surface area (Å²) in [5, 5.41) is 19.1. The smallest absolute Gasteiger partial charge is 0.178 e. The fourth-order valence-electron chi connectivity index (χ4n) is 1.32. The van der Waals surface area contributed by atoms with Crippen LogP contribution in [0.1, 0.15) is 19.4 Å². The van der Waals surface area contributed by atoms with E-state index in [0.717, 1.165) is 18.4 Å². The predicted molar refractivity (Wildman–Crippen MR) is 56.4 cm³/mol. The maximum Gasteiger partial charge on any atom is 0.178 e. The van der Waals surface area contributed by atoms with Crippen molar-refractivity contribution in [2.45, 2.75) is 24.3 Å². The van der Waals surface area contributed by atoms with E-state index >= 15 is 0 Å². The van der Waals surface area contributed by atoms with Gasteiger partial charge in [-0.2, -0.15) is 0 Å². The van der Waals surface area contributed by atoms with E-state index in [9.17, 15) is 23.0 Å². The van der Waals surface area contributed by atoms with Crippen LogP contribution in [0.2, 0.25) is 0 Å². The summed E-state index contributed by atoms with van der Waals surface area (Å²) in [7, 11) is -3.73. The normalized spacial score (nSPS) is 12.8. The van der Waals surface area contributed by atoms with Crippen molar-refractivity contribution in [2.75, 3.05) is 6.26 Å². The molecule has 0 fully saturated rings. The largest absolute Gasteiger partial charge is 0.508 e. The standard InChI is InChI=1S/C10H13FO4S/c1-10(2,13)6-4-7(11)9(5-8(6)12)16(3,14)15/h4-5,12-13H,1-3H3. The number of aliphatic hydroxyl groups is 1. The summed E-state index contributed by atoms with van der Waals surface area (Å²) in [6.07, 6.45) is 0.842. The van der Waals surface area contributed by atoms with Crippen molar-refractivity contribution in [1.29, 1.82) is 0 Å². The van der Waals surface area contributed by atoms with Gasteiger partial charge < -0.3 is 10.2 Å². The highest BCUT2D eigenvalue weighted by atomic mass is 32.2. The van der Waals surface area contributed by atoms with Crippen molar-refractivity contribution in [3.05, 3.63) is 23.5 Å². The molecule has 4 nitrogen and oxygen atoms in total. The highest BCUT2D eigenvalue weighted by molar-refractivity contribution is 7.90. The van der Waals surface area contributed by atoms with Crippen molar-refractivity contribution in [3.8, 4) is 5.75 Å². The SMILES string of the molecule is CC(C)(O)c1cc(F)c(S(C)(=O)=O)cc1O. The molecule has 1 aromatic carbocycles. The first kappa shape index (κ1) is 12.9. The molecule has 0 aliphatic heterocycles. The second-order valence-corrected chi connectivity index (χ2v) is 6.12. The van der Waals surface area contributed by atoms with Gasteiger partial charge in [-0.05, 0) is 19.9 Å². The van der Waals surface area contributed by atoms with Crippen LogP contribution < -0.4 is 0 Å². The van der Waals surface area contributed by atoms with Gasteiger partial charge in [0, 0.05) is 17.9 Å². The first-order valence-corrected chi connectivity index (χ1v) is 6.38. The monoisotopic (exact) mass is 248 g/mol. The van der Waals surface area contributed by atoms with Gasteiger partial charge >= 0.3 is 0 Å². The molecule has 1 rings (SSSR count). The minimum Gasteiger partial charge on any atom is -0.508 e. The third kappa shape index (κ3) is 2.51. The molecule has 2 N–H and O–H groups in total. The van der Waals surface area contributed by atoms with E-state index in [4.69, 9.17) is 0 Å². The van der Waals surface area contributed by atoms with Gasteiger partial charge in [-0.1, -0.05) is 0 Å². The molecule has 0 radical (unpaired) electrons. The van der Waals surface area contributed by atoms with E-state index in [2.05, 4.69) is 0 Å². The summed E-state index contributed by atoms with van der Waals surface area (Å²) < 4.78 is 35.8. The molecule has 0 amide bonds. The molecule has 0 aliphatic rings. The quantitative estimate of drug-likeness (QED) is 0.823. The number of halogens is 1. The molecule has 0 heterocycles. The molecule has 6 heteroatoms. The van der Waals surface area contributed by atoms with Crippen LogP contribution in [-0.2, 0) is 15.4 Å². The van der Waals surface area contributed by atoms with E-state index < -0.39 is 31.9 Å². The van der Waals surface area contributed by atoms with E-state index in [1.165, 1.54) is 13.8 Å². The number of phenols is 1. The summed E-state index contributed by atoms with van der Waals surface area (Å²) in [5.74, 6) is -1.44. The van der Waals surface area contributed by atoms with Crippen LogP contribution in [0.15, 0.2) is 17.0 Å². The Bertz CT molecular complexity index is 514. The molecule has 0 bridgehead atoms. The van der Waals surface area contributed by atoms with Crippen molar-refractivity contribution in [2.24, 2.45) is 0 Å². The Balaban J connectivity index is 3.52. The molecule has 0 unspecified atom stereocenters. The number of sulfone groups is 1. The maximum absolute atomic E-state index is 13.5. The van der Waals surface area contributed by atoms with Crippen molar-refractivity contribution in [3.63, 3.8) is 0 Å². The molecule has 0 aliphatic carbocycles. The van der Waals surface area contributed by atoms with Crippen molar-refractivity contribution < 1.29 is 23.0 Å². The van der Waals surface area contributed by atoms with Gasteiger partial charge in [0.25, 0.3) is 0 Å². The Morgan fingerprint density at radius 2 is 1.81 bits per heavy atom. The van der Waals surface area contributed by atoms with E-state index in [-0.39, 0.29) is 5.56 Å². The molecule has 0 spiro atoms. The second-order valence-electron chi connectivity index (χ2n) is 4.13. The highest BCUT2D eigenvalue weighted by Crippen LogP contribution is 2.32. The molecule has 1 aromatic rings. The van der Waals surface area contributed by atoms with Gasteiger partial charge in [0.05, 0.1) is 5.60 Å². The van der Waals surface area contributed by atoms with Crippen molar-refractivity contribution in [1.82, 2.24) is 0 Å². The van der Waals surface area contributed by atoms with Gasteiger partial charge in [-0.15, -0.1) is 0 Å². The van der Waals surface area contributed by atoms with E-state index in [1.807, 2.05) is 0 Å². The third-order valence-electron chi connectivity index (χ3n) is 2.11. The van der Waals surface area contributed by atoms with Crippen LogP contribution in [0.4, 0.5) is 4.39 Å². The zero-order valence-corrected chi connectivity index (χ0v) is 9.97. The number of rotatable bonds is 2. The van der Waals surface area contributed by atoms with Gasteiger partial charge in [0.1, 0.15) is 16.5 Å². The first-order chi connectivity index (χ1) is 7.03. The Hall–Kier alpha value is -1.14. The molecule has 0 saturated heterocycles. The van der Waals surface area contributed by atoms with Crippen LogP contribution in [0.25, 0.3) is 0 Å². The first-order valence-electron chi connectivity index (χ1n) is 4.49.